The number of esters is 1. The third-order valence-corrected chi connectivity index (χ3v) is 3.91. The zero-order valence-corrected chi connectivity index (χ0v) is 11.6. The number of nitrogens with zero attached hydrogens (tertiary/aromatic N) is 2. The van der Waals surface area contributed by atoms with E-state index in [2.05, 4.69) is 15.0 Å². The molecule has 6 heteroatoms. The fourth-order valence-corrected chi connectivity index (χ4v) is 2.81. The molecule has 0 radical (unpaired) electrons. The van der Waals surface area contributed by atoms with Crippen molar-refractivity contribution in [3.8, 4) is 0 Å². The van der Waals surface area contributed by atoms with Crippen LogP contribution in [0.1, 0.15) is 19.3 Å². The predicted octanol–water partition coefficient (Wildman–Crippen LogP) is -0.554. The minimum absolute atomic E-state index is 0.0391. The van der Waals surface area contributed by atoms with E-state index in [1.165, 1.54) is 7.11 Å². The maximum atomic E-state index is 12.5. The lowest BCUT2D eigenvalue weighted by Gasteiger charge is -2.32. The first kappa shape index (κ1) is 14.3. The number of carbonyl (C=O) groups excluding carboxylic acids is 2. The van der Waals surface area contributed by atoms with Gasteiger partial charge in [-0.15, -0.1) is 0 Å². The topological polar surface area (TPSA) is 61.9 Å². The van der Waals surface area contributed by atoms with Crippen molar-refractivity contribution in [1.82, 2.24) is 15.1 Å². The van der Waals surface area contributed by atoms with Crippen LogP contribution in [-0.2, 0) is 14.3 Å². The molecule has 0 aromatic rings. The number of methoxy groups -OCH3 is 1. The lowest BCUT2D eigenvalue weighted by molar-refractivity contribution is -0.142. The van der Waals surface area contributed by atoms with Crippen LogP contribution in [0.4, 0.5) is 0 Å². The van der Waals surface area contributed by atoms with Gasteiger partial charge in [0.2, 0.25) is 5.91 Å². The molecule has 6 nitrogen and oxygen atoms in total. The molecular weight excluding hydrogens is 246 g/mol. The van der Waals surface area contributed by atoms with E-state index in [0.717, 1.165) is 45.6 Å². The van der Waals surface area contributed by atoms with E-state index in [0.29, 0.717) is 13.0 Å². The third kappa shape index (κ3) is 3.67. The largest absolute Gasteiger partial charge is 0.469 e. The van der Waals surface area contributed by atoms with Crippen LogP contribution in [-0.4, -0.2) is 74.1 Å². The van der Waals surface area contributed by atoms with Gasteiger partial charge in [-0.1, -0.05) is 0 Å². The first-order valence-electron chi connectivity index (χ1n) is 7.02. The highest BCUT2D eigenvalue weighted by molar-refractivity contribution is 5.82. The third-order valence-electron chi connectivity index (χ3n) is 3.91. The molecule has 19 heavy (non-hydrogen) atoms. The van der Waals surface area contributed by atoms with Gasteiger partial charge in [0.25, 0.3) is 0 Å². The quantitative estimate of drug-likeness (QED) is 0.694. The monoisotopic (exact) mass is 269 g/mol. The number of piperazine rings is 1. The summed E-state index contributed by atoms with van der Waals surface area (Å²) in [6.45, 7) is 4.86. The molecule has 2 heterocycles. The number of nitrogens with one attached hydrogen (secondary N) is 1. The first-order valence-corrected chi connectivity index (χ1v) is 7.02. The average molecular weight is 269 g/mol. The van der Waals surface area contributed by atoms with Crippen LogP contribution in [0.15, 0.2) is 0 Å². The standard InChI is InChI=1S/C13H23N3O3/c1-19-12(17)4-8-15-7-2-3-11(15)13(18)16-9-5-14-6-10-16/h11,14H,2-10H2,1H3. The highest BCUT2D eigenvalue weighted by atomic mass is 16.5. The highest BCUT2D eigenvalue weighted by Crippen LogP contribution is 2.19. The summed E-state index contributed by atoms with van der Waals surface area (Å²) in [7, 11) is 1.40. The second kappa shape index (κ2) is 6.86. The van der Waals surface area contributed by atoms with E-state index in [1.54, 1.807) is 0 Å². The molecule has 0 spiro atoms. The molecular formula is C13H23N3O3. The van der Waals surface area contributed by atoms with Crippen molar-refractivity contribution in [2.24, 2.45) is 0 Å². The van der Waals surface area contributed by atoms with Crippen molar-refractivity contribution in [2.75, 3.05) is 46.4 Å². The van der Waals surface area contributed by atoms with Crippen molar-refractivity contribution in [2.45, 2.75) is 25.3 Å². The normalized spacial score (nSPS) is 24.5. The van der Waals surface area contributed by atoms with Crippen LogP contribution in [0.25, 0.3) is 0 Å². The Bertz CT molecular complexity index is 329. The zero-order chi connectivity index (χ0) is 13.7. The van der Waals surface area contributed by atoms with Crippen LogP contribution in [0.3, 0.4) is 0 Å². The van der Waals surface area contributed by atoms with Gasteiger partial charge in [-0.05, 0) is 19.4 Å². The van der Waals surface area contributed by atoms with Gasteiger partial charge in [0, 0.05) is 32.7 Å². The van der Waals surface area contributed by atoms with Gasteiger partial charge in [-0.2, -0.15) is 0 Å². The number of ether oxygens (including phenoxy) is 1. The minimum Gasteiger partial charge on any atom is -0.469 e. The molecule has 0 aliphatic carbocycles. The lowest BCUT2D eigenvalue weighted by Crippen LogP contribution is -2.52. The maximum Gasteiger partial charge on any atom is 0.306 e. The van der Waals surface area contributed by atoms with Crippen LogP contribution in [0, 0.1) is 0 Å². The minimum atomic E-state index is -0.208. The summed E-state index contributed by atoms with van der Waals surface area (Å²) in [4.78, 5) is 27.7. The molecule has 0 bridgehead atoms. The van der Waals surface area contributed by atoms with Crippen molar-refractivity contribution < 1.29 is 14.3 Å². The molecule has 2 rings (SSSR count). The second-order valence-electron chi connectivity index (χ2n) is 5.10. The Kier molecular flexibility index (Phi) is 5.15. The molecule has 2 fully saturated rings. The molecule has 1 N–H and O–H groups in total. The lowest BCUT2D eigenvalue weighted by atomic mass is 10.1. The van der Waals surface area contributed by atoms with E-state index >= 15 is 0 Å². The number of amides is 1. The Morgan fingerprint density at radius 1 is 1.26 bits per heavy atom. The summed E-state index contributed by atoms with van der Waals surface area (Å²) in [6, 6.07) is -0.0391. The number of carbonyl (C=O) groups is 2. The van der Waals surface area contributed by atoms with Gasteiger partial charge in [0.05, 0.1) is 19.6 Å². The number of hydrogen-bond acceptors (Lipinski definition) is 5. The van der Waals surface area contributed by atoms with Crippen LogP contribution in [0.5, 0.6) is 0 Å². The van der Waals surface area contributed by atoms with Gasteiger partial charge in [-0.25, -0.2) is 0 Å². The molecule has 1 amide bonds. The summed E-state index contributed by atoms with van der Waals surface area (Å²) in [5.74, 6) is 0.0177. The molecule has 1 atom stereocenters. The molecule has 0 aromatic heterocycles. The first-order chi connectivity index (χ1) is 9.22. The number of rotatable bonds is 4. The van der Waals surface area contributed by atoms with Crippen LogP contribution < -0.4 is 5.32 Å². The molecule has 2 aliphatic heterocycles. The Balaban J connectivity index is 1.86. The summed E-state index contributed by atoms with van der Waals surface area (Å²) in [5, 5.41) is 3.25. The van der Waals surface area contributed by atoms with Crippen molar-refractivity contribution in [3.05, 3.63) is 0 Å². The fourth-order valence-electron chi connectivity index (χ4n) is 2.81. The van der Waals surface area contributed by atoms with E-state index in [-0.39, 0.29) is 17.9 Å². The van der Waals surface area contributed by atoms with Gasteiger partial charge in [0.15, 0.2) is 0 Å². The summed E-state index contributed by atoms with van der Waals surface area (Å²) < 4.78 is 4.65. The Hall–Kier alpha value is -1.14. The summed E-state index contributed by atoms with van der Waals surface area (Å²) in [5.41, 5.74) is 0. The number of likely N-dealkylation sites (tertiary alicyclic amines) is 1. The van der Waals surface area contributed by atoms with Gasteiger partial charge in [-0.3, -0.25) is 14.5 Å². The zero-order valence-electron chi connectivity index (χ0n) is 11.6. The second-order valence-corrected chi connectivity index (χ2v) is 5.10. The van der Waals surface area contributed by atoms with Gasteiger partial charge >= 0.3 is 5.97 Å². The smallest absolute Gasteiger partial charge is 0.306 e. The molecule has 2 aliphatic rings. The van der Waals surface area contributed by atoms with Gasteiger partial charge in [0.1, 0.15) is 0 Å². The van der Waals surface area contributed by atoms with Gasteiger partial charge < -0.3 is 15.0 Å². The van der Waals surface area contributed by atoms with E-state index < -0.39 is 0 Å². The summed E-state index contributed by atoms with van der Waals surface area (Å²) in [6.07, 6.45) is 2.30. The Morgan fingerprint density at radius 3 is 2.68 bits per heavy atom. The highest BCUT2D eigenvalue weighted by Gasteiger charge is 2.33. The average Bonchev–Trinajstić information content (AvgIpc) is 2.93. The van der Waals surface area contributed by atoms with Crippen LogP contribution in [0.2, 0.25) is 0 Å². The Labute approximate surface area is 114 Å². The SMILES string of the molecule is COC(=O)CCN1CCCC1C(=O)N1CCNCC1. The maximum absolute atomic E-state index is 12.5. The van der Waals surface area contributed by atoms with Crippen molar-refractivity contribution in [3.63, 3.8) is 0 Å². The molecule has 0 aromatic carbocycles. The number of hydrogen-bond donors (Lipinski definition) is 1. The van der Waals surface area contributed by atoms with Crippen LogP contribution >= 0.6 is 0 Å². The Morgan fingerprint density at radius 2 is 2.00 bits per heavy atom. The summed E-state index contributed by atoms with van der Waals surface area (Å²) >= 11 is 0. The predicted molar refractivity (Wildman–Crippen MR) is 70.7 cm³/mol. The van der Waals surface area contributed by atoms with E-state index in [9.17, 15) is 9.59 Å². The van der Waals surface area contributed by atoms with E-state index in [1.807, 2.05) is 4.90 Å². The van der Waals surface area contributed by atoms with E-state index in [4.69, 9.17) is 0 Å². The molecule has 0 saturated carbocycles. The van der Waals surface area contributed by atoms with Crippen molar-refractivity contribution >= 4 is 11.9 Å². The molecule has 2 saturated heterocycles. The van der Waals surface area contributed by atoms with Crippen molar-refractivity contribution in [1.29, 1.82) is 0 Å². The molecule has 108 valence electrons. The fraction of sp³-hybridized carbons (Fsp3) is 0.846. The molecule has 1 unspecified atom stereocenters.